The third-order valence-electron chi connectivity index (χ3n) is 6.43. The van der Waals surface area contributed by atoms with Crippen LogP contribution in [0.15, 0.2) is 79.3 Å². The number of halogens is 1. The largest absolute Gasteiger partial charge is 0.412 e. The van der Waals surface area contributed by atoms with Crippen LogP contribution in [0.1, 0.15) is 22.4 Å². The zero-order valence-electron chi connectivity index (χ0n) is 19.6. The summed E-state index contributed by atoms with van der Waals surface area (Å²) in [6.45, 7) is 2.06. The van der Waals surface area contributed by atoms with Gasteiger partial charge in [-0.15, -0.1) is 0 Å². The maximum absolute atomic E-state index is 7.30. The highest BCUT2D eigenvalue weighted by atomic mass is 35.5. The summed E-state index contributed by atoms with van der Waals surface area (Å²) in [7, 11) is 1.95. The monoisotopic (exact) mass is 498 g/mol. The fraction of sp³-hybridized carbons (Fsp3) is 0.115. The van der Waals surface area contributed by atoms with Crippen molar-refractivity contribution in [1.29, 1.82) is 0 Å². The van der Waals surface area contributed by atoms with Gasteiger partial charge in [0.25, 0.3) is 5.78 Å². The minimum absolute atomic E-state index is 0. The lowest BCUT2D eigenvalue weighted by atomic mass is 9.80. The minimum Gasteiger partial charge on any atom is -0.412 e. The molecular weight excluding hydrogens is 476 g/mol. The van der Waals surface area contributed by atoms with E-state index in [0.717, 1.165) is 44.5 Å². The zero-order chi connectivity index (χ0) is 24.2. The van der Waals surface area contributed by atoms with E-state index >= 15 is 0 Å². The van der Waals surface area contributed by atoms with Gasteiger partial charge in [-0.1, -0.05) is 64.7 Å². The summed E-state index contributed by atoms with van der Waals surface area (Å²) in [5.41, 5.74) is 12.6. The first-order chi connectivity index (χ1) is 16.9. The molecule has 6 aromatic rings. The van der Waals surface area contributed by atoms with Gasteiger partial charge < -0.3 is 15.8 Å². The van der Waals surface area contributed by atoms with Crippen molar-refractivity contribution in [2.45, 2.75) is 12.5 Å². The molecule has 3 aromatic carbocycles. The third kappa shape index (κ3) is 3.61. The first kappa shape index (κ1) is 23.6. The van der Waals surface area contributed by atoms with E-state index in [9.17, 15) is 0 Å². The molecule has 0 bridgehead atoms. The van der Waals surface area contributed by atoms with Crippen molar-refractivity contribution in [2.24, 2.45) is 12.8 Å². The topological polar surface area (TPSA) is 131 Å². The van der Waals surface area contributed by atoms with Gasteiger partial charge in [-0.25, -0.2) is 9.97 Å². The number of fused-ring (bicyclic) bond motifs is 3. The maximum atomic E-state index is 7.30. The van der Waals surface area contributed by atoms with E-state index in [1.165, 1.54) is 0 Å². The van der Waals surface area contributed by atoms with Crippen LogP contribution in [0.5, 0.6) is 0 Å². The maximum Gasteiger partial charge on any atom is 0.274 e. The fourth-order valence-electron chi connectivity index (χ4n) is 4.60. The molecule has 0 aliphatic carbocycles. The molecule has 180 valence electrons. The van der Waals surface area contributed by atoms with Gasteiger partial charge >= 0.3 is 0 Å². The zero-order valence-corrected chi connectivity index (χ0v) is 20.3. The van der Waals surface area contributed by atoms with Gasteiger partial charge in [0, 0.05) is 23.0 Å². The molecule has 36 heavy (non-hydrogen) atoms. The number of imidazole rings is 1. The molecule has 0 amide bonds. The quantitative estimate of drug-likeness (QED) is 0.396. The SMILES string of the molecule is Cc1ccc(C(N)(c2ccc3c(c2)c(-c2cccc(Cl)c2)nc2nnnn23)c2cncn2C)cc1.O. The van der Waals surface area contributed by atoms with E-state index in [4.69, 9.17) is 22.3 Å². The van der Waals surface area contributed by atoms with Crippen molar-refractivity contribution >= 4 is 28.3 Å². The van der Waals surface area contributed by atoms with E-state index in [0.29, 0.717) is 10.8 Å². The molecule has 0 aliphatic heterocycles. The lowest BCUT2D eigenvalue weighted by Crippen LogP contribution is -2.41. The molecule has 0 fully saturated rings. The standard InChI is InChI=1S/C26H21ClN8.H2O/c1-16-6-8-18(9-7-16)26(28,23-14-29-15-34(23)2)19-10-11-22-21(13-19)24(17-4-3-5-20(27)12-17)30-25-31-32-33-35(22)25;/h3-15H,28H2,1-2H3;1H2. The van der Waals surface area contributed by atoms with E-state index < -0.39 is 5.54 Å². The van der Waals surface area contributed by atoms with Crippen molar-refractivity contribution in [3.05, 3.63) is 107 Å². The number of hydrogen-bond acceptors (Lipinski definition) is 6. The molecule has 10 heteroatoms. The van der Waals surface area contributed by atoms with Crippen LogP contribution in [0.3, 0.4) is 0 Å². The predicted octanol–water partition coefficient (Wildman–Crippen LogP) is 3.46. The van der Waals surface area contributed by atoms with Crippen molar-refractivity contribution in [1.82, 2.24) is 34.6 Å². The second-order valence-electron chi connectivity index (χ2n) is 8.66. The van der Waals surface area contributed by atoms with Crippen molar-refractivity contribution < 1.29 is 5.48 Å². The number of hydrogen-bond donors (Lipinski definition) is 1. The Morgan fingerprint density at radius 2 is 1.75 bits per heavy atom. The number of aromatic nitrogens is 7. The van der Waals surface area contributed by atoms with Gasteiger partial charge in [-0.3, -0.25) is 0 Å². The van der Waals surface area contributed by atoms with E-state index in [1.54, 1.807) is 10.8 Å². The molecule has 0 saturated carbocycles. The summed E-state index contributed by atoms with van der Waals surface area (Å²) < 4.78 is 3.58. The molecule has 9 nitrogen and oxygen atoms in total. The van der Waals surface area contributed by atoms with E-state index in [2.05, 4.69) is 57.8 Å². The van der Waals surface area contributed by atoms with E-state index in [-0.39, 0.29) is 5.48 Å². The second kappa shape index (κ2) is 8.80. The number of nitrogens with two attached hydrogens (primary N) is 1. The molecule has 1 atom stereocenters. The van der Waals surface area contributed by atoms with Crippen LogP contribution >= 0.6 is 11.6 Å². The Kier molecular flexibility index (Phi) is 5.76. The van der Waals surface area contributed by atoms with Gasteiger partial charge in [-0.2, -0.15) is 4.52 Å². The summed E-state index contributed by atoms with van der Waals surface area (Å²) in [6.07, 6.45) is 3.57. The number of rotatable bonds is 4. The average molecular weight is 499 g/mol. The smallest absolute Gasteiger partial charge is 0.274 e. The number of benzene rings is 3. The summed E-state index contributed by atoms with van der Waals surface area (Å²) >= 11 is 6.32. The van der Waals surface area contributed by atoms with Gasteiger partial charge in [0.15, 0.2) is 0 Å². The molecule has 3 heterocycles. The fourth-order valence-corrected chi connectivity index (χ4v) is 4.79. The van der Waals surface area contributed by atoms with Crippen molar-refractivity contribution in [2.75, 3.05) is 0 Å². The molecule has 6 rings (SSSR count). The molecule has 0 saturated heterocycles. The lowest BCUT2D eigenvalue weighted by molar-refractivity contribution is 0.596. The van der Waals surface area contributed by atoms with Crippen LogP contribution in [0, 0.1) is 6.92 Å². The van der Waals surface area contributed by atoms with Crippen LogP contribution in [0.25, 0.3) is 27.9 Å². The predicted molar refractivity (Wildman–Crippen MR) is 139 cm³/mol. The van der Waals surface area contributed by atoms with Crippen LogP contribution in [0.2, 0.25) is 5.02 Å². The molecule has 0 aliphatic rings. The summed E-state index contributed by atoms with van der Waals surface area (Å²) in [4.78, 5) is 9.13. The Labute approximate surface area is 211 Å². The Bertz CT molecular complexity index is 1710. The normalized spacial score (nSPS) is 13.0. The Morgan fingerprint density at radius 1 is 0.972 bits per heavy atom. The van der Waals surface area contributed by atoms with Crippen LogP contribution in [-0.4, -0.2) is 40.1 Å². The van der Waals surface area contributed by atoms with Crippen molar-refractivity contribution in [3.8, 4) is 11.3 Å². The Balaban J connectivity index is 0.00000267. The van der Waals surface area contributed by atoms with Crippen LogP contribution in [0.4, 0.5) is 0 Å². The third-order valence-corrected chi connectivity index (χ3v) is 6.66. The Morgan fingerprint density at radius 3 is 2.47 bits per heavy atom. The highest BCUT2D eigenvalue weighted by molar-refractivity contribution is 6.30. The average Bonchev–Trinajstić information content (AvgIpc) is 3.52. The summed E-state index contributed by atoms with van der Waals surface area (Å²) in [6, 6.07) is 21.9. The number of tetrazole rings is 1. The molecule has 0 spiro atoms. The first-order valence-corrected chi connectivity index (χ1v) is 11.4. The highest BCUT2D eigenvalue weighted by Crippen LogP contribution is 2.37. The lowest BCUT2D eigenvalue weighted by Gasteiger charge is -2.31. The molecule has 1 unspecified atom stereocenters. The van der Waals surface area contributed by atoms with Crippen LogP contribution < -0.4 is 5.73 Å². The second-order valence-corrected chi connectivity index (χ2v) is 9.09. The highest BCUT2D eigenvalue weighted by Gasteiger charge is 2.35. The molecule has 4 N–H and O–H groups in total. The minimum atomic E-state index is -0.964. The van der Waals surface area contributed by atoms with E-state index in [1.807, 2.05) is 54.2 Å². The van der Waals surface area contributed by atoms with Crippen LogP contribution in [-0.2, 0) is 12.6 Å². The summed E-state index contributed by atoms with van der Waals surface area (Å²) in [5, 5.41) is 13.5. The molecule has 3 aromatic heterocycles. The number of nitrogens with zero attached hydrogens (tertiary/aromatic N) is 7. The van der Waals surface area contributed by atoms with Crippen molar-refractivity contribution in [3.63, 3.8) is 0 Å². The van der Waals surface area contributed by atoms with Gasteiger partial charge in [-0.05, 0) is 52.7 Å². The molecule has 0 radical (unpaired) electrons. The van der Waals surface area contributed by atoms with Gasteiger partial charge in [0.05, 0.1) is 29.4 Å². The Hall–Kier alpha value is -4.18. The van der Waals surface area contributed by atoms with Gasteiger partial charge in [0.1, 0.15) is 5.54 Å². The first-order valence-electron chi connectivity index (χ1n) is 11.1. The summed E-state index contributed by atoms with van der Waals surface area (Å²) in [5.74, 6) is 0.407. The van der Waals surface area contributed by atoms with Gasteiger partial charge in [0.2, 0.25) is 0 Å². The number of aryl methyl sites for hydroxylation is 2. The molecular formula is C26H23ClN8O.